The van der Waals surface area contributed by atoms with E-state index in [-0.39, 0.29) is 6.61 Å². The van der Waals surface area contributed by atoms with Crippen LogP contribution in [-0.4, -0.2) is 38.0 Å². The molecule has 0 saturated carbocycles. The van der Waals surface area contributed by atoms with Crippen molar-refractivity contribution in [3.63, 3.8) is 0 Å². The summed E-state index contributed by atoms with van der Waals surface area (Å²) in [6.07, 6.45) is 7.30. The summed E-state index contributed by atoms with van der Waals surface area (Å²) in [6, 6.07) is 0.311. The lowest BCUT2D eigenvalue weighted by molar-refractivity contribution is 0.148. The molecule has 0 aliphatic rings. The lowest BCUT2D eigenvalue weighted by atomic mass is 10.1. The van der Waals surface area contributed by atoms with E-state index in [1.54, 1.807) is 7.11 Å². The molecule has 3 heteroatoms. The molecule has 0 bridgehead atoms. The summed E-state index contributed by atoms with van der Waals surface area (Å²) in [5.41, 5.74) is 0. The third-order valence-electron chi connectivity index (χ3n) is 2.56. The topological polar surface area (TPSA) is 41.5 Å². The first-order valence-corrected chi connectivity index (χ1v) is 6.18. The average molecular weight is 217 g/mol. The standard InChI is InChI=1S/C12H27NO2/c1-3-4-5-6-7-9-13-12(8-10-14)11-15-2/h12-14H,3-11H2,1-2H3. The van der Waals surface area contributed by atoms with Crippen molar-refractivity contribution in [3.05, 3.63) is 0 Å². The molecule has 0 aliphatic carbocycles. The van der Waals surface area contributed by atoms with Gasteiger partial charge >= 0.3 is 0 Å². The van der Waals surface area contributed by atoms with Crippen LogP contribution in [0.15, 0.2) is 0 Å². The van der Waals surface area contributed by atoms with E-state index in [1.807, 2.05) is 0 Å². The van der Waals surface area contributed by atoms with Gasteiger partial charge in [0.05, 0.1) is 6.61 Å². The molecule has 0 aliphatic heterocycles. The molecule has 0 amide bonds. The fourth-order valence-electron chi connectivity index (χ4n) is 1.64. The molecule has 3 nitrogen and oxygen atoms in total. The molecule has 0 saturated heterocycles. The van der Waals surface area contributed by atoms with Crippen LogP contribution in [0.4, 0.5) is 0 Å². The van der Waals surface area contributed by atoms with Crippen molar-refractivity contribution < 1.29 is 9.84 Å². The zero-order valence-electron chi connectivity index (χ0n) is 10.3. The highest BCUT2D eigenvalue weighted by atomic mass is 16.5. The maximum Gasteiger partial charge on any atom is 0.0616 e. The lowest BCUT2D eigenvalue weighted by Crippen LogP contribution is -2.34. The molecule has 0 heterocycles. The number of ether oxygens (including phenoxy) is 1. The van der Waals surface area contributed by atoms with E-state index in [2.05, 4.69) is 12.2 Å². The van der Waals surface area contributed by atoms with Crippen LogP contribution in [0.5, 0.6) is 0 Å². The van der Waals surface area contributed by atoms with Crippen molar-refractivity contribution in [2.24, 2.45) is 0 Å². The minimum atomic E-state index is 0.233. The summed E-state index contributed by atoms with van der Waals surface area (Å²) in [4.78, 5) is 0. The first-order valence-electron chi connectivity index (χ1n) is 6.18. The zero-order valence-corrected chi connectivity index (χ0v) is 10.3. The van der Waals surface area contributed by atoms with Crippen LogP contribution in [0.25, 0.3) is 0 Å². The van der Waals surface area contributed by atoms with E-state index < -0.39 is 0 Å². The van der Waals surface area contributed by atoms with Crippen molar-refractivity contribution in [1.29, 1.82) is 0 Å². The number of aliphatic hydroxyl groups is 1. The molecule has 0 aromatic rings. The molecule has 2 N–H and O–H groups in total. The van der Waals surface area contributed by atoms with Gasteiger partial charge in [-0.2, -0.15) is 0 Å². The van der Waals surface area contributed by atoms with E-state index in [4.69, 9.17) is 9.84 Å². The third-order valence-corrected chi connectivity index (χ3v) is 2.56. The summed E-state index contributed by atoms with van der Waals surface area (Å²) in [6.45, 7) is 4.19. The summed E-state index contributed by atoms with van der Waals surface area (Å²) in [7, 11) is 1.70. The Kier molecular flexibility index (Phi) is 11.9. The average Bonchev–Trinajstić information content (AvgIpc) is 2.24. The quantitative estimate of drug-likeness (QED) is 0.520. The first kappa shape index (κ1) is 14.9. The Balaban J connectivity index is 3.28. The lowest BCUT2D eigenvalue weighted by Gasteiger charge is -2.16. The second-order valence-corrected chi connectivity index (χ2v) is 4.03. The fraction of sp³-hybridized carbons (Fsp3) is 1.00. The Morgan fingerprint density at radius 3 is 2.53 bits per heavy atom. The number of nitrogens with one attached hydrogen (secondary N) is 1. The predicted octanol–water partition coefficient (Wildman–Crippen LogP) is 1.94. The van der Waals surface area contributed by atoms with Crippen LogP contribution in [0.3, 0.4) is 0 Å². The number of methoxy groups -OCH3 is 1. The van der Waals surface area contributed by atoms with Gasteiger partial charge in [-0.15, -0.1) is 0 Å². The van der Waals surface area contributed by atoms with Gasteiger partial charge in [0.25, 0.3) is 0 Å². The van der Waals surface area contributed by atoms with Gasteiger partial charge in [0.1, 0.15) is 0 Å². The Morgan fingerprint density at radius 2 is 1.93 bits per heavy atom. The predicted molar refractivity (Wildman–Crippen MR) is 64.1 cm³/mol. The molecule has 0 radical (unpaired) electrons. The Hall–Kier alpha value is -0.120. The molecular weight excluding hydrogens is 190 g/mol. The molecule has 0 aromatic carbocycles. The minimum absolute atomic E-state index is 0.233. The van der Waals surface area contributed by atoms with E-state index in [9.17, 15) is 0 Å². The number of hydrogen-bond acceptors (Lipinski definition) is 3. The first-order chi connectivity index (χ1) is 7.35. The van der Waals surface area contributed by atoms with E-state index in [0.717, 1.165) is 13.0 Å². The van der Waals surface area contributed by atoms with E-state index in [0.29, 0.717) is 12.6 Å². The molecule has 1 unspecified atom stereocenters. The maximum absolute atomic E-state index is 8.84. The van der Waals surface area contributed by atoms with Crippen LogP contribution in [0.2, 0.25) is 0 Å². The minimum Gasteiger partial charge on any atom is -0.396 e. The van der Waals surface area contributed by atoms with Gasteiger partial charge in [-0.3, -0.25) is 0 Å². The summed E-state index contributed by atoms with van der Waals surface area (Å²) in [5.74, 6) is 0. The van der Waals surface area contributed by atoms with Gasteiger partial charge in [0.2, 0.25) is 0 Å². The number of rotatable bonds is 11. The zero-order chi connectivity index (χ0) is 11.4. The van der Waals surface area contributed by atoms with Crippen LogP contribution in [-0.2, 0) is 4.74 Å². The number of aliphatic hydroxyl groups excluding tert-OH is 1. The maximum atomic E-state index is 8.84. The summed E-state index contributed by atoms with van der Waals surface area (Å²) >= 11 is 0. The summed E-state index contributed by atoms with van der Waals surface area (Å²) in [5, 5.41) is 12.3. The van der Waals surface area contributed by atoms with Gasteiger partial charge in [0, 0.05) is 19.8 Å². The van der Waals surface area contributed by atoms with Crippen molar-refractivity contribution >= 4 is 0 Å². The molecular formula is C12H27NO2. The van der Waals surface area contributed by atoms with Crippen LogP contribution in [0.1, 0.15) is 45.4 Å². The SMILES string of the molecule is CCCCCCCNC(CCO)COC. The molecule has 0 aromatic heterocycles. The molecule has 0 spiro atoms. The highest BCUT2D eigenvalue weighted by Gasteiger charge is 2.05. The highest BCUT2D eigenvalue weighted by molar-refractivity contribution is 4.65. The van der Waals surface area contributed by atoms with E-state index in [1.165, 1.54) is 32.1 Å². The van der Waals surface area contributed by atoms with Crippen molar-refractivity contribution in [3.8, 4) is 0 Å². The summed E-state index contributed by atoms with van der Waals surface area (Å²) < 4.78 is 5.08. The molecule has 0 fully saturated rings. The largest absolute Gasteiger partial charge is 0.396 e. The Bertz CT molecular complexity index is 114. The van der Waals surface area contributed by atoms with Crippen LogP contribution in [0, 0.1) is 0 Å². The van der Waals surface area contributed by atoms with Crippen LogP contribution >= 0.6 is 0 Å². The normalized spacial score (nSPS) is 13.0. The Morgan fingerprint density at radius 1 is 1.20 bits per heavy atom. The van der Waals surface area contributed by atoms with Crippen molar-refractivity contribution in [2.75, 3.05) is 26.9 Å². The third kappa shape index (κ3) is 10.2. The smallest absolute Gasteiger partial charge is 0.0616 e. The van der Waals surface area contributed by atoms with Gasteiger partial charge in [0.15, 0.2) is 0 Å². The molecule has 0 rings (SSSR count). The molecule has 1 atom stereocenters. The van der Waals surface area contributed by atoms with Gasteiger partial charge in [-0.25, -0.2) is 0 Å². The number of unbranched alkanes of at least 4 members (excludes halogenated alkanes) is 4. The second kappa shape index (κ2) is 12.0. The van der Waals surface area contributed by atoms with Crippen molar-refractivity contribution in [1.82, 2.24) is 5.32 Å². The van der Waals surface area contributed by atoms with Gasteiger partial charge in [-0.05, 0) is 19.4 Å². The number of hydrogen-bond donors (Lipinski definition) is 2. The Labute approximate surface area is 94.2 Å². The van der Waals surface area contributed by atoms with Crippen LogP contribution < -0.4 is 5.32 Å². The van der Waals surface area contributed by atoms with Crippen molar-refractivity contribution in [2.45, 2.75) is 51.5 Å². The van der Waals surface area contributed by atoms with E-state index >= 15 is 0 Å². The second-order valence-electron chi connectivity index (χ2n) is 4.03. The monoisotopic (exact) mass is 217 g/mol. The van der Waals surface area contributed by atoms with Gasteiger partial charge < -0.3 is 15.2 Å². The fourth-order valence-corrected chi connectivity index (χ4v) is 1.64. The van der Waals surface area contributed by atoms with Gasteiger partial charge in [-0.1, -0.05) is 32.6 Å². The molecule has 92 valence electrons. The highest BCUT2D eigenvalue weighted by Crippen LogP contribution is 2.02. The molecule has 15 heavy (non-hydrogen) atoms.